The first kappa shape index (κ1) is 17.2. The predicted molar refractivity (Wildman–Crippen MR) is 95.8 cm³/mol. The lowest BCUT2D eigenvalue weighted by molar-refractivity contribution is 0.265. The van der Waals surface area contributed by atoms with Crippen molar-refractivity contribution >= 4 is 29.1 Å². The largest absolute Gasteiger partial charge is 0.484 e. The Hall–Kier alpha value is -2.68. The minimum absolute atomic E-state index is 0.101. The molecule has 5 nitrogen and oxygen atoms in total. The van der Waals surface area contributed by atoms with Gasteiger partial charge in [0.2, 0.25) is 17.5 Å². The predicted octanol–water partition coefficient (Wildman–Crippen LogP) is 5.04. The van der Waals surface area contributed by atoms with Crippen LogP contribution in [0.25, 0.3) is 0 Å². The number of halogens is 2. The van der Waals surface area contributed by atoms with Gasteiger partial charge in [0.05, 0.1) is 0 Å². The van der Waals surface area contributed by atoms with E-state index in [-0.39, 0.29) is 18.2 Å². The van der Waals surface area contributed by atoms with Gasteiger partial charge in [0.15, 0.2) is 6.61 Å². The number of benzene rings is 2. The maximum absolute atomic E-state index is 9.21. The molecular formula is C18H13Cl2N3O2. The second-order valence-electron chi connectivity index (χ2n) is 5.08. The van der Waals surface area contributed by atoms with E-state index in [9.17, 15) is 5.26 Å². The van der Waals surface area contributed by atoms with Crippen LogP contribution in [0.15, 0.2) is 52.9 Å². The molecule has 0 spiro atoms. The summed E-state index contributed by atoms with van der Waals surface area (Å²) in [5, 5.41) is 13.5. The molecule has 0 saturated carbocycles. The van der Waals surface area contributed by atoms with E-state index in [0.29, 0.717) is 28.2 Å². The molecular weight excluding hydrogens is 361 g/mol. The highest BCUT2D eigenvalue weighted by Crippen LogP contribution is 2.22. The van der Waals surface area contributed by atoms with Crippen LogP contribution in [0.5, 0.6) is 5.75 Å². The quantitative estimate of drug-likeness (QED) is 0.654. The number of anilines is 1. The van der Waals surface area contributed by atoms with Crippen LogP contribution in [0.1, 0.15) is 17.1 Å². The van der Waals surface area contributed by atoms with Crippen molar-refractivity contribution in [3.63, 3.8) is 0 Å². The van der Waals surface area contributed by atoms with Crippen molar-refractivity contribution in [1.82, 2.24) is 4.98 Å². The Bertz CT molecular complexity index is 901. The SMILES string of the molecule is N#Cc1nc(COc2ccc(Cl)cc2)oc1NCc1ccccc1Cl. The second-order valence-corrected chi connectivity index (χ2v) is 5.93. The van der Waals surface area contributed by atoms with Gasteiger partial charge in [-0.25, -0.2) is 0 Å². The van der Waals surface area contributed by atoms with Gasteiger partial charge >= 0.3 is 0 Å². The summed E-state index contributed by atoms with van der Waals surface area (Å²) >= 11 is 11.9. The monoisotopic (exact) mass is 373 g/mol. The summed E-state index contributed by atoms with van der Waals surface area (Å²) in [4.78, 5) is 4.12. The van der Waals surface area contributed by atoms with Gasteiger partial charge in [0, 0.05) is 16.6 Å². The average molecular weight is 374 g/mol. The Labute approximate surface area is 154 Å². The molecule has 2 aromatic carbocycles. The van der Waals surface area contributed by atoms with Gasteiger partial charge < -0.3 is 14.5 Å². The summed E-state index contributed by atoms with van der Waals surface area (Å²) in [6.07, 6.45) is 0. The summed E-state index contributed by atoms with van der Waals surface area (Å²) in [5.74, 6) is 1.22. The first-order valence-electron chi connectivity index (χ1n) is 7.41. The number of nitriles is 1. The standard InChI is InChI=1S/C18H13Cl2N3O2/c19-13-5-7-14(8-6-13)24-11-17-23-16(9-21)18(25-17)22-10-12-3-1-2-4-15(12)20/h1-8,22H,10-11H2. The molecule has 0 aliphatic carbocycles. The Balaban J connectivity index is 1.66. The van der Waals surface area contributed by atoms with Gasteiger partial charge in [-0.15, -0.1) is 0 Å². The van der Waals surface area contributed by atoms with Crippen LogP contribution in [0, 0.1) is 11.3 Å². The van der Waals surface area contributed by atoms with E-state index in [4.69, 9.17) is 32.4 Å². The van der Waals surface area contributed by atoms with Crippen molar-refractivity contribution in [2.75, 3.05) is 5.32 Å². The molecule has 0 amide bonds. The highest BCUT2D eigenvalue weighted by Gasteiger charge is 2.13. The Kier molecular flexibility index (Phi) is 5.44. The topological polar surface area (TPSA) is 71.1 Å². The number of rotatable bonds is 6. The molecule has 0 bridgehead atoms. The zero-order valence-corrected chi connectivity index (χ0v) is 14.5. The van der Waals surface area contributed by atoms with Gasteiger partial charge in [0.1, 0.15) is 11.8 Å². The maximum Gasteiger partial charge on any atom is 0.236 e. The number of nitrogens with zero attached hydrogens (tertiary/aromatic N) is 2. The number of aromatic nitrogens is 1. The molecule has 0 aliphatic heterocycles. The molecule has 3 aromatic rings. The molecule has 7 heteroatoms. The lowest BCUT2D eigenvalue weighted by Crippen LogP contribution is -2.00. The number of hydrogen-bond acceptors (Lipinski definition) is 5. The molecule has 1 aromatic heterocycles. The number of ether oxygens (including phenoxy) is 1. The summed E-state index contributed by atoms with van der Waals surface area (Å²) in [7, 11) is 0. The number of nitrogens with one attached hydrogen (secondary N) is 1. The molecule has 0 saturated heterocycles. The van der Waals surface area contributed by atoms with Crippen molar-refractivity contribution in [3.8, 4) is 11.8 Å². The second kappa shape index (κ2) is 7.93. The van der Waals surface area contributed by atoms with E-state index in [1.54, 1.807) is 30.3 Å². The third-order valence-corrected chi connectivity index (χ3v) is 3.97. The molecule has 25 heavy (non-hydrogen) atoms. The van der Waals surface area contributed by atoms with Crippen LogP contribution in [0.4, 0.5) is 5.88 Å². The van der Waals surface area contributed by atoms with Gasteiger partial charge in [-0.1, -0.05) is 41.4 Å². The zero-order chi connectivity index (χ0) is 17.6. The molecule has 0 atom stereocenters. The van der Waals surface area contributed by atoms with E-state index in [0.717, 1.165) is 5.56 Å². The third kappa shape index (κ3) is 4.44. The van der Waals surface area contributed by atoms with Gasteiger partial charge in [-0.2, -0.15) is 10.2 Å². The maximum atomic E-state index is 9.21. The lowest BCUT2D eigenvalue weighted by atomic mass is 10.2. The van der Waals surface area contributed by atoms with E-state index in [2.05, 4.69) is 10.3 Å². The molecule has 3 rings (SSSR count). The van der Waals surface area contributed by atoms with Gasteiger partial charge in [-0.3, -0.25) is 0 Å². The van der Waals surface area contributed by atoms with Crippen LogP contribution in [0.3, 0.4) is 0 Å². The normalized spacial score (nSPS) is 10.3. The summed E-state index contributed by atoms with van der Waals surface area (Å²) < 4.78 is 11.1. The smallest absolute Gasteiger partial charge is 0.236 e. The van der Waals surface area contributed by atoms with E-state index >= 15 is 0 Å². The zero-order valence-electron chi connectivity index (χ0n) is 13.0. The van der Waals surface area contributed by atoms with Crippen LogP contribution < -0.4 is 10.1 Å². The van der Waals surface area contributed by atoms with Crippen LogP contribution in [-0.4, -0.2) is 4.98 Å². The van der Waals surface area contributed by atoms with Crippen LogP contribution in [-0.2, 0) is 13.2 Å². The Morgan fingerprint density at radius 2 is 1.88 bits per heavy atom. The molecule has 0 unspecified atom stereocenters. The van der Waals surface area contributed by atoms with Gasteiger partial charge in [0.25, 0.3) is 0 Å². The van der Waals surface area contributed by atoms with Crippen molar-refractivity contribution in [3.05, 3.63) is 75.7 Å². The first-order valence-corrected chi connectivity index (χ1v) is 8.17. The number of oxazole rings is 1. The van der Waals surface area contributed by atoms with Crippen molar-refractivity contribution in [1.29, 1.82) is 5.26 Å². The third-order valence-electron chi connectivity index (χ3n) is 3.35. The summed E-state index contributed by atoms with van der Waals surface area (Å²) in [5.41, 5.74) is 1.06. The van der Waals surface area contributed by atoms with Gasteiger partial charge in [-0.05, 0) is 35.9 Å². The lowest BCUT2D eigenvalue weighted by Gasteiger charge is -2.05. The molecule has 0 radical (unpaired) electrons. The Morgan fingerprint density at radius 3 is 2.60 bits per heavy atom. The Morgan fingerprint density at radius 1 is 1.12 bits per heavy atom. The van der Waals surface area contributed by atoms with Crippen molar-refractivity contribution < 1.29 is 9.15 Å². The van der Waals surface area contributed by atoms with Crippen LogP contribution >= 0.6 is 23.2 Å². The molecule has 126 valence electrons. The molecule has 1 heterocycles. The molecule has 0 fully saturated rings. The minimum atomic E-state index is 0.101. The average Bonchev–Trinajstić information content (AvgIpc) is 3.03. The summed E-state index contributed by atoms with van der Waals surface area (Å²) in [6, 6.07) is 16.4. The number of hydrogen-bond donors (Lipinski definition) is 1. The highest BCUT2D eigenvalue weighted by molar-refractivity contribution is 6.31. The highest BCUT2D eigenvalue weighted by atomic mass is 35.5. The van der Waals surface area contributed by atoms with Crippen molar-refractivity contribution in [2.45, 2.75) is 13.2 Å². The minimum Gasteiger partial charge on any atom is -0.484 e. The fourth-order valence-electron chi connectivity index (χ4n) is 2.11. The fraction of sp³-hybridized carbons (Fsp3) is 0.111. The van der Waals surface area contributed by atoms with E-state index < -0.39 is 0 Å². The van der Waals surface area contributed by atoms with Crippen molar-refractivity contribution in [2.24, 2.45) is 0 Å². The first-order chi connectivity index (χ1) is 12.2. The summed E-state index contributed by atoms with van der Waals surface area (Å²) in [6.45, 7) is 0.519. The van der Waals surface area contributed by atoms with Crippen LogP contribution in [0.2, 0.25) is 10.0 Å². The van der Waals surface area contributed by atoms with E-state index in [1.165, 1.54) is 0 Å². The fourth-order valence-corrected chi connectivity index (χ4v) is 2.44. The molecule has 0 aliphatic rings. The van der Waals surface area contributed by atoms with E-state index in [1.807, 2.05) is 24.3 Å². The molecule has 1 N–H and O–H groups in total.